The van der Waals surface area contributed by atoms with E-state index < -0.39 is 4.87 Å². The highest BCUT2D eigenvalue weighted by Crippen LogP contribution is 2.55. The van der Waals surface area contributed by atoms with Gasteiger partial charge in [0.15, 0.2) is 0 Å². The van der Waals surface area contributed by atoms with E-state index in [0.29, 0.717) is 10.6 Å². The third-order valence-electron chi connectivity index (χ3n) is 6.21. The lowest BCUT2D eigenvalue weighted by Crippen LogP contribution is -2.47. The van der Waals surface area contributed by atoms with Gasteiger partial charge in [-0.3, -0.25) is 4.79 Å². The van der Waals surface area contributed by atoms with Crippen LogP contribution in [0.25, 0.3) is 0 Å². The molecule has 1 unspecified atom stereocenters. The molecule has 2 aromatic rings. The lowest BCUT2D eigenvalue weighted by molar-refractivity contribution is -0.136. The molecule has 1 saturated heterocycles. The van der Waals surface area contributed by atoms with Crippen LogP contribution in [0, 0.1) is 5.82 Å². The number of nitrogens with one attached hydrogen (secondary N) is 1. The number of amides is 1. The van der Waals surface area contributed by atoms with Crippen molar-refractivity contribution < 1.29 is 9.18 Å². The first kappa shape index (κ1) is 18.8. The van der Waals surface area contributed by atoms with E-state index in [1.54, 1.807) is 5.01 Å². The molecule has 2 aliphatic heterocycles. The monoisotopic (exact) mass is 409 g/mol. The highest BCUT2D eigenvalue weighted by molar-refractivity contribution is 8.15. The van der Waals surface area contributed by atoms with E-state index in [1.807, 2.05) is 24.3 Å². The van der Waals surface area contributed by atoms with Crippen LogP contribution in [0.2, 0.25) is 0 Å². The summed E-state index contributed by atoms with van der Waals surface area (Å²) in [5.74, 6) is -0.295. The van der Waals surface area contributed by atoms with E-state index in [4.69, 9.17) is 5.10 Å². The van der Waals surface area contributed by atoms with Gasteiger partial charge in [0, 0.05) is 5.56 Å². The van der Waals surface area contributed by atoms with E-state index in [2.05, 4.69) is 24.4 Å². The SMILES string of the molecule is CCc1ccc(F)c(C2=NN(C(=O)[C@@H]3CCCN3)C3(CCc4ccccc43)S2)c1. The zero-order chi connectivity index (χ0) is 20.0. The summed E-state index contributed by atoms with van der Waals surface area (Å²) in [4.78, 5) is 12.9. The van der Waals surface area contributed by atoms with Gasteiger partial charge in [0.2, 0.25) is 0 Å². The fraction of sp³-hybridized carbons (Fsp3) is 0.391. The molecule has 1 fully saturated rings. The Morgan fingerprint density at radius 2 is 2.21 bits per heavy atom. The number of carbonyl (C=O) groups excluding carboxylic acids is 1. The Hall–Kier alpha value is -2.18. The lowest BCUT2D eigenvalue weighted by atomic mass is 10.1. The molecule has 0 radical (unpaired) electrons. The van der Waals surface area contributed by atoms with E-state index in [0.717, 1.165) is 49.8 Å². The minimum absolute atomic E-state index is 0.00578. The first-order valence-electron chi connectivity index (χ1n) is 10.3. The summed E-state index contributed by atoms with van der Waals surface area (Å²) in [6, 6.07) is 13.2. The summed E-state index contributed by atoms with van der Waals surface area (Å²) in [6.45, 7) is 2.90. The second-order valence-electron chi connectivity index (χ2n) is 7.92. The Morgan fingerprint density at radius 1 is 1.34 bits per heavy atom. The van der Waals surface area contributed by atoms with Crippen molar-refractivity contribution in [3.05, 3.63) is 70.5 Å². The van der Waals surface area contributed by atoms with Crippen LogP contribution in [-0.4, -0.2) is 28.5 Å². The molecule has 5 rings (SSSR count). The van der Waals surface area contributed by atoms with Gasteiger partial charge in [-0.2, -0.15) is 5.10 Å². The number of benzene rings is 2. The van der Waals surface area contributed by atoms with Gasteiger partial charge in [0.05, 0.1) is 6.04 Å². The van der Waals surface area contributed by atoms with Crippen LogP contribution >= 0.6 is 11.8 Å². The van der Waals surface area contributed by atoms with Gasteiger partial charge in [-0.05, 0) is 67.5 Å². The second-order valence-corrected chi connectivity index (χ2v) is 9.18. The molecule has 6 heteroatoms. The summed E-state index contributed by atoms with van der Waals surface area (Å²) in [6.07, 6.45) is 4.32. The van der Waals surface area contributed by atoms with Gasteiger partial charge >= 0.3 is 0 Å². The largest absolute Gasteiger partial charge is 0.306 e. The Labute approximate surface area is 174 Å². The minimum Gasteiger partial charge on any atom is -0.306 e. The van der Waals surface area contributed by atoms with Crippen LogP contribution in [0.3, 0.4) is 0 Å². The maximum absolute atomic E-state index is 14.7. The zero-order valence-electron chi connectivity index (χ0n) is 16.5. The van der Waals surface area contributed by atoms with Gasteiger partial charge in [0.25, 0.3) is 5.91 Å². The standard InChI is InChI=1S/C23H24FN3OS/c1-2-15-9-10-19(24)17(14-15)21-26-27(22(28)20-8-5-13-25-20)23(29-21)12-11-16-6-3-4-7-18(16)23/h3-4,6-7,9-10,14,20,25H,2,5,8,11-13H2,1H3/t20-,23?/m0/s1. The first-order chi connectivity index (χ1) is 14.1. The predicted molar refractivity (Wildman–Crippen MR) is 114 cm³/mol. The van der Waals surface area contributed by atoms with E-state index in [1.165, 1.54) is 23.4 Å². The van der Waals surface area contributed by atoms with Crippen molar-refractivity contribution >= 4 is 22.7 Å². The van der Waals surface area contributed by atoms with Crippen molar-refractivity contribution in [3.63, 3.8) is 0 Å². The molecule has 0 saturated carbocycles. The highest BCUT2D eigenvalue weighted by Gasteiger charge is 2.53. The number of fused-ring (bicyclic) bond motifs is 2. The van der Waals surface area contributed by atoms with Crippen LogP contribution in [-0.2, 0) is 22.5 Å². The van der Waals surface area contributed by atoms with Crippen LogP contribution in [0.5, 0.6) is 0 Å². The van der Waals surface area contributed by atoms with Crippen molar-refractivity contribution in [2.45, 2.75) is 49.9 Å². The molecule has 2 heterocycles. The first-order valence-corrected chi connectivity index (χ1v) is 11.2. The van der Waals surface area contributed by atoms with E-state index in [9.17, 15) is 9.18 Å². The number of nitrogens with zero attached hydrogens (tertiary/aromatic N) is 2. The van der Waals surface area contributed by atoms with Gasteiger partial charge in [-0.1, -0.05) is 49.0 Å². The third kappa shape index (κ3) is 3.01. The van der Waals surface area contributed by atoms with Crippen molar-refractivity contribution in [1.82, 2.24) is 10.3 Å². The number of hydrogen-bond donors (Lipinski definition) is 1. The molecule has 2 aromatic carbocycles. The summed E-state index contributed by atoms with van der Waals surface area (Å²) < 4.78 is 14.7. The number of hydrogen-bond acceptors (Lipinski definition) is 4. The summed E-state index contributed by atoms with van der Waals surface area (Å²) in [5, 5.41) is 10.3. The number of carbonyl (C=O) groups is 1. The van der Waals surface area contributed by atoms with Crippen molar-refractivity contribution in [3.8, 4) is 0 Å². The fourth-order valence-corrected chi connectivity index (χ4v) is 6.05. The van der Waals surface area contributed by atoms with Crippen molar-refractivity contribution in [2.24, 2.45) is 5.10 Å². The maximum atomic E-state index is 14.7. The van der Waals surface area contributed by atoms with Gasteiger partial charge in [0.1, 0.15) is 15.7 Å². The summed E-state index contributed by atoms with van der Waals surface area (Å²) in [7, 11) is 0. The molecule has 3 aliphatic rings. The molecular formula is C23H24FN3OS. The van der Waals surface area contributed by atoms with Crippen LogP contribution < -0.4 is 5.32 Å². The topological polar surface area (TPSA) is 44.7 Å². The zero-order valence-corrected chi connectivity index (χ0v) is 17.3. The average molecular weight is 410 g/mol. The van der Waals surface area contributed by atoms with Crippen LogP contribution in [0.4, 0.5) is 4.39 Å². The Kier molecular flexibility index (Phi) is 4.71. The molecule has 1 amide bonds. The number of thioether (sulfide) groups is 1. The molecule has 29 heavy (non-hydrogen) atoms. The maximum Gasteiger partial charge on any atom is 0.261 e. The smallest absolute Gasteiger partial charge is 0.261 e. The third-order valence-corrected chi connectivity index (χ3v) is 7.64. The molecule has 1 N–H and O–H groups in total. The van der Waals surface area contributed by atoms with Crippen LogP contribution in [0.1, 0.15) is 48.4 Å². The summed E-state index contributed by atoms with van der Waals surface area (Å²) >= 11 is 1.53. The molecule has 1 spiro atoms. The highest BCUT2D eigenvalue weighted by atomic mass is 32.2. The van der Waals surface area contributed by atoms with E-state index >= 15 is 0 Å². The molecule has 2 atom stereocenters. The molecule has 150 valence electrons. The van der Waals surface area contributed by atoms with Gasteiger partial charge in [-0.15, -0.1) is 0 Å². The quantitative estimate of drug-likeness (QED) is 0.827. The Bertz CT molecular complexity index is 1000. The molecule has 1 aliphatic carbocycles. The fourth-order valence-electron chi connectivity index (χ4n) is 4.61. The van der Waals surface area contributed by atoms with Crippen molar-refractivity contribution in [2.75, 3.05) is 6.54 Å². The number of hydrazone groups is 1. The van der Waals surface area contributed by atoms with Crippen LogP contribution in [0.15, 0.2) is 47.6 Å². The Morgan fingerprint density at radius 3 is 3.00 bits per heavy atom. The normalized spacial score (nSPS) is 25.5. The molecular weight excluding hydrogens is 385 g/mol. The molecule has 0 bridgehead atoms. The molecule has 0 aromatic heterocycles. The summed E-state index contributed by atoms with van der Waals surface area (Å²) in [5.41, 5.74) is 3.93. The second kappa shape index (κ2) is 7.26. The molecule has 4 nitrogen and oxygen atoms in total. The van der Waals surface area contributed by atoms with Gasteiger partial charge in [-0.25, -0.2) is 9.40 Å². The van der Waals surface area contributed by atoms with Gasteiger partial charge < -0.3 is 5.32 Å². The van der Waals surface area contributed by atoms with Crippen molar-refractivity contribution in [1.29, 1.82) is 0 Å². The number of aryl methyl sites for hydroxylation is 2. The lowest BCUT2D eigenvalue weighted by Gasteiger charge is -2.33. The van der Waals surface area contributed by atoms with E-state index in [-0.39, 0.29) is 17.8 Å². The minimum atomic E-state index is -0.581. The number of halogens is 1. The number of rotatable bonds is 3. The average Bonchev–Trinajstić information content (AvgIpc) is 3.49. The predicted octanol–water partition coefficient (Wildman–Crippen LogP) is 4.18. The Balaban J connectivity index is 1.61.